The third kappa shape index (κ3) is 5.87. The highest BCUT2D eigenvalue weighted by Crippen LogP contribution is 2.17. The second kappa shape index (κ2) is 10.3. The fourth-order valence-corrected chi connectivity index (χ4v) is 4.36. The van der Waals surface area contributed by atoms with Crippen molar-refractivity contribution in [3.63, 3.8) is 0 Å². The van der Waals surface area contributed by atoms with Gasteiger partial charge in [0.2, 0.25) is 15.9 Å². The number of amides is 2. The van der Waals surface area contributed by atoms with E-state index in [1.54, 1.807) is 32.9 Å². The lowest BCUT2D eigenvalue weighted by atomic mass is 10.1. The van der Waals surface area contributed by atoms with Gasteiger partial charge in [0.1, 0.15) is 5.82 Å². The van der Waals surface area contributed by atoms with E-state index in [4.69, 9.17) is 0 Å². The van der Waals surface area contributed by atoms with Gasteiger partial charge in [-0.3, -0.25) is 9.59 Å². The van der Waals surface area contributed by atoms with Crippen molar-refractivity contribution in [3.8, 4) is 0 Å². The highest BCUT2D eigenvalue weighted by atomic mass is 32.2. The number of hydrogen-bond donors (Lipinski definition) is 2. The first-order valence-corrected chi connectivity index (χ1v) is 11.0. The number of carbonyl (C=O) groups is 2. The first-order chi connectivity index (χ1) is 14.2. The standard InChI is InChI=1S/C21H26FN3O4S/c1-4-25(5-2)30(28,29)18-8-6-7-17(12-18)21(27)24-14-20(26)23-13-16-9-10-19(22)15(3)11-16/h6-12H,4-5,13-14H2,1-3H3,(H,23,26)(H,24,27). The molecule has 0 fully saturated rings. The van der Waals surface area contributed by atoms with Crippen molar-refractivity contribution in [3.05, 3.63) is 65.0 Å². The minimum absolute atomic E-state index is 0.0231. The molecule has 0 saturated carbocycles. The molecule has 30 heavy (non-hydrogen) atoms. The Kier molecular flexibility index (Phi) is 8.08. The van der Waals surface area contributed by atoms with E-state index >= 15 is 0 Å². The van der Waals surface area contributed by atoms with Crippen LogP contribution in [0.25, 0.3) is 0 Å². The number of halogens is 1. The van der Waals surface area contributed by atoms with Crippen LogP contribution in [-0.4, -0.2) is 44.2 Å². The molecular weight excluding hydrogens is 409 g/mol. The number of sulfonamides is 1. The molecule has 0 aromatic heterocycles. The van der Waals surface area contributed by atoms with Gasteiger partial charge in [0.05, 0.1) is 11.4 Å². The first-order valence-electron chi connectivity index (χ1n) is 9.59. The topological polar surface area (TPSA) is 95.6 Å². The van der Waals surface area contributed by atoms with E-state index in [1.165, 1.54) is 34.6 Å². The van der Waals surface area contributed by atoms with Crippen LogP contribution in [0.2, 0.25) is 0 Å². The molecule has 7 nitrogen and oxygen atoms in total. The molecule has 0 aliphatic carbocycles. The summed E-state index contributed by atoms with van der Waals surface area (Å²) in [7, 11) is -3.69. The van der Waals surface area contributed by atoms with Crippen LogP contribution >= 0.6 is 0 Å². The molecule has 2 rings (SSSR count). The third-order valence-corrected chi connectivity index (χ3v) is 6.61. The van der Waals surface area contributed by atoms with Crippen molar-refractivity contribution >= 4 is 21.8 Å². The Bertz CT molecular complexity index is 1020. The summed E-state index contributed by atoms with van der Waals surface area (Å²) in [5, 5.41) is 5.11. The van der Waals surface area contributed by atoms with Gasteiger partial charge in [0, 0.05) is 25.2 Å². The Hall–Kier alpha value is -2.78. The van der Waals surface area contributed by atoms with E-state index in [2.05, 4.69) is 10.6 Å². The maximum Gasteiger partial charge on any atom is 0.251 e. The lowest BCUT2D eigenvalue weighted by molar-refractivity contribution is -0.120. The van der Waals surface area contributed by atoms with Gasteiger partial charge in [-0.15, -0.1) is 0 Å². The predicted octanol–water partition coefficient (Wildman–Crippen LogP) is 2.21. The summed E-state index contributed by atoms with van der Waals surface area (Å²) >= 11 is 0. The molecule has 0 saturated heterocycles. The summed E-state index contributed by atoms with van der Waals surface area (Å²) in [6.45, 7) is 5.69. The van der Waals surface area contributed by atoms with Gasteiger partial charge in [-0.1, -0.05) is 32.0 Å². The van der Waals surface area contributed by atoms with Gasteiger partial charge >= 0.3 is 0 Å². The van der Waals surface area contributed by atoms with Crippen molar-refractivity contribution in [2.75, 3.05) is 19.6 Å². The maximum absolute atomic E-state index is 13.3. The van der Waals surface area contributed by atoms with E-state index < -0.39 is 21.8 Å². The van der Waals surface area contributed by atoms with Crippen LogP contribution in [0.1, 0.15) is 35.3 Å². The molecule has 2 N–H and O–H groups in total. The Morgan fingerprint density at radius 3 is 2.37 bits per heavy atom. The van der Waals surface area contributed by atoms with Crippen LogP contribution in [0.4, 0.5) is 4.39 Å². The number of carbonyl (C=O) groups excluding carboxylic acids is 2. The second-order valence-electron chi connectivity index (χ2n) is 6.66. The van der Waals surface area contributed by atoms with Crippen LogP contribution in [-0.2, 0) is 21.4 Å². The zero-order chi connectivity index (χ0) is 22.3. The molecule has 0 radical (unpaired) electrons. The van der Waals surface area contributed by atoms with Crippen molar-refractivity contribution < 1.29 is 22.4 Å². The molecule has 0 unspecified atom stereocenters. The van der Waals surface area contributed by atoms with Crippen molar-refractivity contribution in [2.45, 2.75) is 32.2 Å². The summed E-state index contributed by atoms with van der Waals surface area (Å²) in [5.41, 5.74) is 1.36. The highest BCUT2D eigenvalue weighted by Gasteiger charge is 2.22. The number of nitrogens with zero attached hydrogens (tertiary/aromatic N) is 1. The molecule has 0 bridgehead atoms. The Morgan fingerprint density at radius 2 is 1.73 bits per heavy atom. The summed E-state index contributed by atoms with van der Waals surface area (Å²) in [4.78, 5) is 24.4. The van der Waals surface area contributed by atoms with E-state index in [0.717, 1.165) is 5.56 Å². The molecule has 0 aliphatic rings. The van der Waals surface area contributed by atoms with Crippen molar-refractivity contribution in [2.24, 2.45) is 0 Å². The normalized spacial score (nSPS) is 11.4. The molecule has 162 valence electrons. The van der Waals surface area contributed by atoms with Crippen LogP contribution in [0.15, 0.2) is 47.4 Å². The fourth-order valence-electron chi connectivity index (χ4n) is 2.85. The molecule has 2 amide bonds. The molecule has 0 heterocycles. The van der Waals surface area contributed by atoms with Crippen LogP contribution < -0.4 is 10.6 Å². The average Bonchev–Trinajstić information content (AvgIpc) is 2.73. The highest BCUT2D eigenvalue weighted by molar-refractivity contribution is 7.89. The summed E-state index contributed by atoms with van der Waals surface area (Å²) in [6, 6.07) is 10.2. The SMILES string of the molecule is CCN(CC)S(=O)(=O)c1cccc(C(=O)NCC(=O)NCc2ccc(F)c(C)c2)c1. The smallest absolute Gasteiger partial charge is 0.251 e. The molecule has 0 spiro atoms. The summed E-state index contributed by atoms with van der Waals surface area (Å²) in [6.07, 6.45) is 0. The molecule has 2 aromatic rings. The summed E-state index contributed by atoms with van der Waals surface area (Å²) < 4.78 is 39.8. The van der Waals surface area contributed by atoms with Crippen molar-refractivity contribution in [1.29, 1.82) is 0 Å². The quantitative estimate of drug-likeness (QED) is 0.631. The minimum Gasteiger partial charge on any atom is -0.350 e. The number of hydrogen-bond acceptors (Lipinski definition) is 4. The largest absolute Gasteiger partial charge is 0.350 e. The second-order valence-corrected chi connectivity index (χ2v) is 8.60. The van der Waals surface area contributed by atoms with Crippen molar-refractivity contribution in [1.82, 2.24) is 14.9 Å². The van der Waals surface area contributed by atoms with E-state index in [9.17, 15) is 22.4 Å². The lowest BCUT2D eigenvalue weighted by Gasteiger charge is -2.18. The predicted molar refractivity (Wildman–Crippen MR) is 112 cm³/mol. The number of rotatable bonds is 9. The Morgan fingerprint density at radius 1 is 1.03 bits per heavy atom. The monoisotopic (exact) mass is 435 g/mol. The van der Waals surface area contributed by atoms with Gasteiger partial charge in [0.25, 0.3) is 5.91 Å². The Labute approximate surface area is 176 Å². The Balaban J connectivity index is 1.96. The maximum atomic E-state index is 13.3. The van der Waals surface area contributed by atoms with Crippen LogP contribution in [0, 0.1) is 12.7 Å². The van der Waals surface area contributed by atoms with E-state index in [1.807, 2.05) is 0 Å². The third-order valence-electron chi connectivity index (χ3n) is 4.56. The number of aryl methyl sites for hydroxylation is 1. The van der Waals surface area contributed by atoms with Gasteiger partial charge < -0.3 is 10.6 Å². The van der Waals surface area contributed by atoms with Crippen LogP contribution in [0.3, 0.4) is 0 Å². The minimum atomic E-state index is -3.69. The zero-order valence-electron chi connectivity index (χ0n) is 17.2. The molecule has 0 atom stereocenters. The first kappa shape index (κ1) is 23.5. The van der Waals surface area contributed by atoms with Gasteiger partial charge in [-0.2, -0.15) is 4.31 Å². The van der Waals surface area contributed by atoms with E-state index in [-0.39, 0.29) is 29.4 Å². The summed E-state index contributed by atoms with van der Waals surface area (Å²) in [5.74, 6) is -1.29. The molecule has 9 heteroatoms. The lowest BCUT2D eigenvalue weighted by Crippen LogP contribution is -2.36. The van der Waals surface area contributed by atoms with Gasteiger partial charge in [-0.25, -0.2) is 12.8 Å². The zero-order valence-corrected chi connectivity index (χ0v) is 18.1. The number of nitrogens with one attached hydrogen (secondary N) is 2. The molecule has 0 aliphatic heterocycles. The van der Waals surface area contributed by atoms with Crippen LogP contribution in [0.5, 0.6) is 0 Å². The van der Waals surface area contributed by atoms with Gasteiger partial charge in [0.15, 0.2) is 0 Å². The van der Waals surface area contributed by atoms with E-state index in [0.29, 0.717) is 18.7 Å². The number of benzene rings is 2. The van der Waals surface area contributed by atoms with Gasteiger partial charge in [-0.05, 0) is 42.3 Å². The average molecular weight is 436 g/mol. The molecular formula is C21H26FN3O4S. The fraction of sp³-hybridized carbons (Fsp3) is 0.333. The molecule has 2 aromatic carbocycles.